The van der Waals surface area contributed by atoms with Crippen molar-refractivity contribution in [3.63, 3.8) is 0 Å². The van der Waals surface area contributed by atoms with E-state index in [9.17, 15) is 13.2 Å². The largest absolute Gasteiger partial charge is 0.376 e. The minimum atomic E-state index is -2.96. The van der Waals surface area contributed by atoms with E-state index in [0.717, 1.165) is 19.4 Å². The summed E-state index contributed by atoms with van der Waals surface area (Å²) in [5.74, 6) is 0.679. The molecule has 1 amide bonds. The van der Waals surface area contributed by atoms with E-state index in [0.29, 0.717) is 25.3 Å². The van der Waals surface area contributed by atoms with Gasteiger partial charge in [0.2, 0.25) is 0 Å². The van der Waals surface area contributed by atoms with Crippen LogP contribution in [0.4, 0.5) is 5.82 Å². The van der Waals surface area contributed by atoms with Gasteiger partial charge in [-0.3, -0.25) is 4.79 Å². The Balaban J connectivity index is 1.61. The Hall–Kier alpha value is -1.74. The Morgan fingerprint density at radius 3 is 2.76 bits per heavy atom. The molecule has 3 rings (SSSR count). The second-order valence-electron chi connectivity index (χ2n) is 6.45. The van der Waals surface area contributed by atoms with Crippen LogP contribution in [0, 0.1) is 0 Å². The third-order valence-corrected chi connectivity index (χ3v) is 6.42. The van der Waals surface area contributed by atoms with Gasteiger partial charge in [0.05, 0.1) is 30.0 Å². The smallest absolute Gasteiger partial charge is 0.271 e. The first kappa shape index (κ1) is 18.1. The van der Waals surface area contributed by atoms with Crippen LogP contribution in [0.25, 0.3) is 0 Å². The third-order valence-electron chi connectivity index (χ3n) is 4.67. The normalized spacial score (nSPS) is 25.0. The Labute approximate surface area is 147 Å². The number of anilines is 1. The zero-order valence-corrected chi connectivity index (χ0v) is 15.2. The SMILES string of the molecule is CCN(c1cnc(C(=O)NCC2CCCO2)cn1)C1CCS(=O)(=O)C1. The molecule has 2 aliphatic rings. The molecule has 0 bridgehead atoms. The average molecular weight is 368 g/mol. The van der Waals surface area contributed by atoms with Crippen molar-refractivity contribution in [1.29, 1.82) is 0 Å². The molecule has 9 heteroatoms. The molecule has 2 aliphatic heterocycles. The van der Waals surface area contributed by atoms with Gasteiger partial charge in [-0.2, -0.15) is 0 Å². The maximum absolute atomic E-state index is 12.1. The number of carbonyl (C=O) groups excluding carboxylic acids is 1. The number of nitrogens with zero attached hydrogens (tertiary/aromatic N) is 3. The van der Waals surface area contributed by atoms with Crippen LogP contribution in [0.3, 0.4) is 0 Å². The summed E-state index contributed by atoms with van der Waals surface area (Å²) in [6.45, 7) is 3.82. The monoisotopic (exact) mass is 368 g/mol. The fourth-order valence-electron chi connectivity index (χ4n) is 3.32. The van der Waals surface area contributed by atoms with E-state index in [4.69, 9.17) is 4.74 Å². The van der Waals surface area contributed by atoms with Crippen molar-refractivity contribution in [3.8, 4) is 0 Å². The van der Waals surface area contributed by atoms with Crippen LogP contribution >= 0.6 is 0 Å². The predicted molar refractivity (Wildman–Crippen MR) is 93.4 cm³/mol. The second-order valence-corrected chi connectivity index (χ2v) is 8.68. The first-order valence-electron chi connectivity index (χ1n) is 8.67. The highest BCUT2D eigenvalue weighted by molar-refractivity contribution is 7.91. The van der Waals surface area contributed by atoms with E-state index >= 15 is 0 Å². The number of aromatic nitrogens is 2. The van der Waals surface area contributed by atoms with Gasteiger partial charge < -0.3 is 15.0 Å². The Morgan fingerprint density at radius 2 is 2.20 bits per heavy atom. The summed E-state index contributed by atoms with van der Waals surface area (Å²) in [5.41, 5.74) is 0.247. The van der Waals surface area contributed by atoms with Gasteiger partial charge in [0.15, 0.2) is 9.84 Å². The standard InChI is InChI=1S/C16H24N4O4S/c1-2-20(12-5-7-25(22,23)11-12)15-10-17-14(9-18-15)16(21)19-8-13-4-3-6-24-13/h9-10,12-13H,2-8,11H2,1H3,(H,19,21). The summed E-state index contributed by atoms with van der Waals surface area (Å²) < 4.78 is 28.9. The van der Waals surface area contributed by atoms with E-state index in [2.05, 4.69) is 15.3 Å². The van der Waals surface area contributed by atoms with E-state index in [-0.39, 0.29) is 35.3 Å². The molecule has 2 saturated heterocycles. The molecule has 8 nitrogen and oxygen atoms in total. The lowest BCUT2D eigenvalue weighted by atomic mass is 10.2. The summed E-state index contributed by atoms with van der Waals surface area (Å²) in [6, 6.07) is -0.0801. The van der Waals surface area contributed by atoms with Crippen molar-refractivity contribution >= 4 is 21.6 Å². The average Bonchev–Trinajstić information content (AvgIpc) is 3.23. The molecule has 25 heavy (non-hydrogen) atoms. The van der Waals surface area contributed by atoms with Crippen molar-refractivity contribution in [2.45, 2.75) is 38.3 Å². The molecular weight excluding hydrogens is 344 g/mol. The number of amides is 1. The summed E-state index contributed by atoms with van der Waals surface area (Å²) in [7, 11) is -2.96. The quantitative estimate of drug-likeness (QED) is 0.775. The zero-order chi connectivity index (χ0) is 17.9. The van der Waals surface area contributed by atoms with Gasteiger partial charge in [-0.15, -0.1) is 0 Å². The fraction of sp³-hybridized carbons (Fsp3) is 0.688. The van der Waals surface area contributed by atoms with Gasteiger partial charge in [0.25, 0.3) is 5.91 Å². The lowest BCUT2D eigenvalue weighted by Gasteiger charge is -2.27. The molecular formula is C16H24N4O4S. The van der Waals surface area contributed by atoms with E-state index in [1.165, 1.54) is 12.4 Å². The highest BCUT2D eigenvalue weighted by Gasteiger charge is 2.32. The Bertz CT molecular complexity index is 701. The number of ether oxygens (including phenoxy) is 1. The molecule has 0 spiro atoms. The molecule has 2 fully saturated rings. The summed E-state index contributed by atoms with van der Waals surface area (Å²) in [4.78, 5) is 22.6. The van der Waals surface area contributed by atoms with Crippen LogP contribution < -0.4 is 10.2 Å². The topological polar surface area (TPSA) is 101 Å². The third kappa shape index (κ3) is 4.46. The number of hydrogen-bond acceptors (Lipinski definition) is 7. The molecule has 0 aliphatic carbocycles. The molecule has 138 valence electrons. The van der Waals surface area contributed by atoms with Crippen LogP contribution in [0.1, 0.15) is 36.7 Å². The molecule has 3 heterocycles. The first-order chi connectivity index (χ1) is 12.0. The van der Waals surface area contributed by atoms with Gasteiger partial charge in [0.1, 0.15) is 11.5 Å². The molecule has 1 aromatic rings. The van der Waals surface area contributed by atoms with E-state index in [1.54, 1.807) is 0 Å². The van der Waals surface area contributed by atoms with Gasteiger partial charge in [0, 0.05) is 25.7 Å². The first-order valence-corrected chi connectivity index (χ1v) is 10.5. The number of hydrogen-bond donors (Lipinski definition) is 1. The van der Waals surface area contributed by atoms with Crippen LogP contribution in [-0.4, -0.2) is 67.6 Å². The lowest BCUT2D eigenvalue weighted by Crippen LogP contribution is -2.37. The number of carbonyl (C=O) groups is 1. The highest BCUT2D eigenvalue weighted by Crippen LogP contribution is 2.22. The second kappa shape index (κ2) is 7.65. The summed E-state index contributed by atoms with van der Waals surface area (Å²) in [5, 5.41) is 2.81. The molecule has 0 aromatic carbocycles. The van der Waals surface area contributed by atoms with Gasteiger partial charge in [-0.25, -0.2) is 18.4 Å². The summed E-state index contributed by atoms with van der Waals surface area (Å²) >= 11 is 0. The van der Waals surface area contributed by atoms with Gasteiger partial charge >= 0.3 is 0 Å². The number of rotatable bonds is 6. The minimum absolute atomic E-state index is 0.0797. The molecule has 2 atom stereocenters. The van der Waals surface area contributed by atoms with Crippen molar-refractivity contribution in [3.05, 3.63) is 18.1 Å². The minimum Gasteiger partial charge on any atom is -0.376 e. The van der Waals surface area contributed by atoms with Gasteiger partial charge in [-0.05, 0) is 26.2 Å². The Morgan fingerprint density at radius 1 is 1.36 bits per heavy atom. The van der Waals surface area contributed by atoms with Crippen molar-refractivity contribution in [2.75, 3.05) is 36.1 Å². The van der Waals surface area contributed by atoms with Crippen molar-refractivity contribution in [1.82, 2.24) is 15.3 Å². The molecule has 1 N–H and O–H groups in total. The van der Waals surface area contributed by atoms with Crippen LogP contribution in [0.5, 0.6) is 0 Å². The van der Waals surface area contributed by atoms with Gasteiger partial charge in [-0.1, -0.05) is 0 Å². The summed E-state index contributed by atoms with van der Waals surface area (Å²) in [6.07, 6.45) is 5.64. The van der Waals surface area contributed by atoms with E-state index in [1.807, 2.05) is 11.8 Å². The lowest BCUT2D eigenvalue weighted by molar-refractivity contribution is 0.0853. The number of sulfone groups is 1. The molecule has 2 unspecified atom stereocenters. The molecule has 0 radical (unpaired) electrons. The van der Waals surface area contributed by atoms with Crippen molar-refractivity contribution < 1.29 is 17.9 Å². The predicted octanol–water partition coefficient (Wildman–Crippen LogP) is 0.399. The highest BCUT2D eigenvalue weighted by atomic mass is 32.2. The van der Waals surface area contributed by atoms with Crippen molar-refractivity contribution in [2.24, 2.45) is 0 Å². The number of nitrogens with one attached hydrogen (secondary N) is 1. The Kier molecular flexibility index (Phi) is 5.53. The van der Waals surface area contributed by atoms with Crippen LogP contribution in [0.2, 0.25) is 0 Å². The van der Waals surface area contributed by atoms with Crippen LogP contribution in [0.15, 0.2) is 12.4 Å². The van der Waals surface area contributed by atoms with E-state index < -0.39 is 9.84 Å². The zero-order valence-electron chi connectivity index (χ0n) is 14.3. The fourth-order valence-corrected chi connectivity index (χ4v) is 5.05. The maximum Gasteiger partial charge on any atom is 0.271 e. The molecule has 1 aromatic heterocycles. The van der Waals surface area contributed by atoms with Crippen LogP contribution in [-0.2, 0) is 14.6 Å². The maximum atomic E-state index is 12.1. The molecule has 0 saturated carbocycles.